The van der Waals surface area contributed by atoms with E-state index in [2.05, 4.69) is 53.1 Å². The largest absolute Gasteiger partial charge is 0.444 e. The van der Waals surface area contributed by atoms with E-state index in [-0.39, 0.29) is 24.2 Å². The Kier molecular flexibility index (Phi) is 19.5. The van der Waals surface area contributed by atoms with Gasteiger partial charge in [0.1, 0.15) is 23.7 Å². The van der Waals surface area contributed by atoms with E-state index in [4.69, 9.17) is 4.74 Å². The van der Waals surface area contributed by atoms with Crippen LogP contribution in [0, 0.1) is 5.92 Å². The highest BCUT2D eigenvalue weighted by molar-refractivity contribution is 9.24. The van der Waals surface area contributed by atoms with Crippen molar-refractivity contribution < 1.29 is 38.3 Å². The van der Waals surface area contributed by atoms with Crippen molar-refractivity contribution in [3.05, 3.63) is 35.9 Å². The minimum atomic E-state index is -1.19. The zero-order valence-corrected chi connectivity index (χ0v) is 34.8. The number of amides is 6. The first kappa shape index (κ1) is 45.6. The number of ether oxygens (including phenoxy) is 1. The molecule has 1 aliphatic heterocycles. The quantitative estimate of drug-likeness (QED) is 0.159. The van der Waals surface area contributed by atoms with E-state index in [1.54, 1.807) is 72.1 Å². The van der Waals surface area contributed by atoms with Gasteiger partial charge in [0.05, 0.1) is 16.8 Å². The first-order valence-corrected chi connectivity index (χ1v) is 20.4. The minimum absolute atomic E-state index is 0.104. The smallest absolute Gasteiger partial charge is 0.408 e. The average Bonchev–Trinajstić information content (AvgIpc) is 3.61. The second-order valence-corrected chi connectivity index (χ2v) is 17.0. The third-order valence-corrected chi connectivity index (χ3v) is 8.87. The Morgan fingerprint density at radius 1 is 0.906 bits per heavy atom. The molecule has 4 atom stereocenters. The van der Waals surface area contributed by atoms with Crippen LogP contribution < -0.4 is 21.3 Å². The predicted molar refractivity (Wildman–Crippen MR) is 208 cm³/mol. The lowest BCUT2D eigenvalue weighted by Crippen LogP contribution is -2.58. The van der Waals surface area contributed by atoms with Crippen LogP contribution in [0.15, 0.2) is 30.3 Å². The lowest BCUT2D eigenvalue weighted by molar-refractivity contribution is -0.143. The summed E-state index contributed by atoms with van der Waals surface area (Å²) < 4.78 is 6.33. The molecule has 4 N–H and O–H groups in total. The number of carbonyl (C=O) groups excluding carboxylic acids is 7. The molecule has 1 aromatic rings. The van der Waals surface area contributed by atoms with E-state index < -0.39 is 65.9 Å². The van der Waals surface area contributed by atoms with Gasteiger partial charge in [-0.25, -0.2) is 4.79 Å². The highest BCUT2D eigenvalue weighted by atomic mass is 79.9. The van der Waals surface area contributed by atoms with Gasteiger partial charge in [-0.3, -0.25) is 28.8 Å². The van der Waals surface area contributed by atoms with Crippen LogP contribution in [0.25, 0.3) is 0 Å². The second kappa shape index (κ2) is 22.6. The normalized spacial score (nSPS) is 17.5. The van der Waals surface area contributed by atoms with Gasteiger partial charge in [-0.1, -0.05) is 94.8 Å². The topological polar surface area (TPSA) is 183 Å². The molecule has 1 saturated heterocycles. The van der Waals surface area contributed by atoms with Gasteiger partial charge in [-0.05, 0) is 64.4 Å². The minimum Gasteiger partial charge on any atom is -0.444 e. The number of nitrogens with zero attached hydrogens (tertiary/aromatic N) is 2. The molecule has 1 aliphatic carbocycles. The van der Waals surface area contributed by atoms with E-state index in [0.717, 1.165) is 36.3 Å². The standard InChI is InChI=1S/C36H54N6O8.CH2Br2/c1-7-15-25(30(44)32(46)37-22-27(43)39-28(33(47)41(5)6)23-16-10-8-11-17-23)38-31(45)26-20-14-21-42(26)34(48)29(24-18-12-9-13-19-24)40-35(49)50-36(2,3)4;2-1-3/h8,10-11,16-17,24-26,28-29H,7,9,12-15,18-22H2,1-6H3,(H,37,46)(H,38,45)(H,39,43)(H,40,49);1H2/t25?,26-,28-,29-;/m0./s1. The molecular weight excluding hydrogens is 816 g/mol. The van der Waals surface area contributed by atoms with Crippen LogP contribution in [-0.4, -0.2) is 106 Å². The first-order valence-electron chi connectivity index (χ1n) is 18.1. The average molecular weight is 873 g/mol. The molecule has 3 rings (SSSR count). The number of ketones is 1. The second-order valence-electron chi connectivity index (χ2n) is 14.4. The number of alkyl halides is 2. The van der Waals surface area contributed by atoms with Crippen LogP contribution >= 0.6 is 31.9 Å². The molecule has 16 heteroatoms. The number of rotatable bonds is 14. The van der Waals surface area contributed by atoms with Crippen LogP contribution in [0.5, 0.6) is 0 Å². The van der Waals surface area contributed by atoms with Crippen LogP contribution in [0.2, 0.25) is 0 Å². The van der Waals surface area contributed by atoms with Crippen LogP contribution in [-0.2, 0) is 33.5 Å². The molecule has 2 fully saturated rings. The van der Waals surface area contributed by atoms with E-state index in [1.165, 1.54) is 9.80 Å². The maximum atomic E-state index is 14.0. The highest BCUT2D eigenvalue weighted by Gasteiger charge is 2.42. The van der Waals surface area contributed by atoms with E-state index >= 15 is 0 Å². The Balaban J connectivity index is 0.00000313. The van der Waals surface area contributed by atoms with Crippen LogP contribution in [0.1, 0.15) is 97.1 Å². The molecule has 6 amide bonds. The summed E-state index contributed by atoms with van der Waals surface area (Å²) in [5, 5.41) is 10.4. The van der Waals surface area contributed by atoms with Gasteiger partial charge in [0, 0.05) is 20.6 Å². The number of nitrogens with one attached hydrogen (secondary N) is 4. The van der Waals surface area contributed by atoms with Gasteiger partial charge in [0.15, 0.2) is 0 Å². The van der Waals surface area contributed by atoms with Crippen molar-refractivity contribution in [3.8, 4) is 0 Å². The lowest BCUT2D eigenvalue weighted by atomic mass is 9.83. The summed E-state index contributed by atoms with van der Waals surface area (Å²) in [6, 6.07) is 4.70. The van der Waals surface area contributed by atoms with E-state index in [0.29, 0.717) is 31.4 Å². The van der Waals surface area contributed by atoms with Gasteiger partial charge >= 0.3 is 6.09 Å². The Morgan fingerprint density at radius 3 is 2.09 bits per heavy atom. The summed E-state index contributed by atoms with van der Waals surface area (Å²) in [7, 11) is 3.12. The molecule has 2 aliphatic rings. The highest BCUT2D eigenvalue weighted by Crippen LogP contribution is 2.30. The maximum absolute atomic E-state index is 14.0. The van der Waals surface area contributed by atoms with Crippen molar-refractivity contribution in [1.29, 1.82) is 0 Å². The van der Waals surface area contributed by atoms with Gasteiger partial charge in [-0.15, -0.1) is 0 Å². The number of benzene rings is 1. The lowest BCUT2D eigenvalue weighted by Gasteiger charge is -2.35. The first-order chi connectivity index (χ1) is 25.0. The molecule has 1 heterocycles. The Labute approximate surface area is 329 Å². The van der Waals surface area contributed by atoms with Crippen LogP contribution in [0.3, 0.4) is 0 Å². The fraction of sp³-hybridized carbons (Fsp3) is 0.649. The van der Waals surface area contributed by atoms with Crippen LogP contribution in [0.4, 0.5) is 4.79 Å². The summed E-state index contributed by atoms with van der Waals surface area (Å²) in [6.07, 6.45) is 5.26. The summed E-state index contributed by atoms with van der Waals surface area (Å²) in [6.45, 7) is 6.75. The van der Waals surface area contributed by atoms with Gasteiger partial charge in [0.2, 0.25) is 29.4 Å². The van der Waals surface area contributed by atoms with Crippen molar-refractivity contribution in [3.63, 3.8) is 0 Å². The number of alkyl carbamates (subject to hydrolysis) is 1. The summed E-state index contributed by atoms with van der Waals surface area (Å²) in [4.78, 5) is 94.9. The SMILES string of the molecule is BrCBr.CCCC(NC(=O)[C@@H]1CCCN1C(=O)[C@@H](NC(=O)OC(C)(C)C)C1CCCCC1)C(=O)C(=O)NCC(=O)N[C@H](C(=O)N(C)C)c1ccccc1. The van der Waals surface area contributed by atoms with Crippen molar-refractivity contribution in [2.45, 2.75) is 115 Å². The Hall–Kier alpha value is -3.53. The number of likely N-dealkylation sites (N-methyl/N-ethyl adjacent to an activating group) is 1. The molecule has 0 aromatic heterocycles. The number of hydrogen-bond acceptors (Lipinski definition) is 8. The third-order valence-electron chi connectivity index (χ3n) is 8.87. The summed E-state index contributed by atoms with van der Waals surface area (Å²) in [5.74, 6) is -4.09. The fourth-order valence-corrected chi connectivity index (χ4v) is 6.40. The zero-order chi connectivity index (χ0) is 39.7. The van der Waals surface area contributed by atoms with Crippen molar-refractivity contribution in [2.75, 3.05) is 31.4 Å². The van der Waals surface area contributed by atoms with Crippen molar-refractivity contribution >= 4 is 73.3 Å². The Bertz CT molecular complexity index is 1400. The number of likely N-dealkylation sites (tertiary alicyclic amines) is 1. The molecule has 1 saturated carbocycles. The zero-order valence-electron chi connectivity index (χ0n) is 31.7. The Morgan fingerprint density at radius 2 is 1.53 bits per heavy atom. The van der Waals surface area contributed by atoms with Crippen molar-refractivity contribution in [1.82, 2.24) is 31.1 Å². The number of Topliss-reactive ketones (excluding diaryl/α,β-unsaturated/α-hetero) is 1. The predicted octanol–water partition coefficient (Wildman–Crippen LogP) is 4.10. The molecule has 14 nitrogen and oxygen atoms in total. The third kappa shape index (κ3) is 15.0. The fourth-order valence-electron chi connectivity index (χ4n) is 6.40. The molecule has 296 valence electrons. The summed E-state index contributed by atoms with van der Waals surface area (Å²) >= 11 is 6.12. The monoisotopic (exact) mass is 870 g/mol. The van der Waals surface area contributed by atoms with Crippen molar-refractivity contribution in [2.24, 2.45) is 5.92 Å². The van der Waals surface area contributed by atoms with Gasteiger partial charge < -0.3 is 35.8 Å². The molecule has 1 unspecified atom stereocenters. The number of hydrogen-bond donors (Lipinski definition) is 4. The molecule has 0 radical (unpaired) electrons. The maximum Gasteiger partial charge on any atom is 0.408 e. The molecule has 1 aromatic carbocycles. The van der Waals surface area contributed by atoms with Gasteiger partial charge in [-0.2, -0.15) is 0 Å². The van der Waals surface area contributed by atoms with E-state index in [1.807, 2.05) is 0 Å². The van der Waals surface area contributed by atoms with Gasteiger partial charge in [0.25, 0.3) is 5.91 Å². The number of carbonyl (C=O) groups is 7. The molecule has 53 heavy (non-hydrogen) atoms. The van der Waals surface area contributed by atoms with E-state index in [9.17, 15) is 33.6 Å². The molecule has 0 spiro atoms. The number of halogens is 2. The molecule has 0 bridgehead atoms. The summed E-state index contributed by atoms with van der Waals surface area (Å²) in [5.41, 5.74) is -0.203. The molecular formula is C37H56Br2N6O8.